The number of aromatic hydroxyl groups is 2. The fraction of sp³-hybridized carbons (Fsp3) is 0. The first kappa shape index (κ1) is 12.5. The fourth-order valence-electron chi connectivity index (χ4n) is 1.79. The highest BCUT2D eigenvalue weighted by atomic mass is 35.5. The largest absolute Gasteiger partial charge is 0.507 e. The predicted octanol–water partition coefficient (Wildman–Crippen LogP) is 3.47. The van der Waals surface area contributed by atoms with Gasteiger partial charge in [0.25, 0.3) is 5.89 Å². The van der Waals surface area contributed by atoms with Crippen LogP contribution in [0.2, 0.25) is 5.02 Å². The lowest BCUT2D eigenvalue weighted by atomic mass is 10.1. The molecule has 2 aromatic carbocycles. The van der Waals surface area contributed by atoms with Gasteiger partial charge >= 0.3 is 0 Å². The Morgan fingerprint density at radius 1 is 0.950 bits per heavy atom. The van der Waals surface area contributed by atoms with Gasteiger partial charge in [0.2, 0.25) is 5.82 Å². The van der Waals surface area contributed by atoms with E-state index in [-0.39, 0.29) is 23.0 Å². The number of hydrogen-bond acceptors (Lipinski definition) is 5. The van der Waals surface area contributed by atoms with Crippen molar-refractivity contribution in [1.82, 2.24) is 10.1 Å². The van der Waals surface area contributed by atoms with Crippen LogP contribution in [0.1, 0.15) is 0 Å². The Morgan fingerprint density at radius 2 is 1.60 bits per heavy atom. The number of rotatable bonds is 2. The van der Waals surface area contributed by atoms with E-state index in [1.165, 1.54) is 18.2 Å². The summed E-state index contributed by atoms with van der Waals surface area (Å²) < 4.78 is 5.08. The highest BCUT2D eigenvalue weighted by Gasteiger charge is 2.17. The Balaban J connectivity index is 2.04. The molecule has 0 spiro atoms. The third-order valence-electron chi connectivity index (χ3n) is 2.76. The lowest BCUT2D eigenvalue weighted by Crippen LogP contribution is -1.82. The summed E-state index contributed by atoms with van der Waals surface area (Å²) in [5.74, 6) is 0.137. The summed E-state index contributed by atoms with van der Waals surface area (Å²) in [5, 5.41) is 23.9. The third-order valence-corrected chi connectivity index (χ3v) is 3.01. The molecule has 0 radical (unpaired) electrons. The van der Waals surface area contributed by atoms with E-state index in [4.69, 9.17) is 16.1 Å². The maximum atomic E-state index is 9.76. The smallest absolute Gasteiger partial charge is 0.265 e. The van der Waals surface area contributed by atoms with Crippen LogP contribution in [0.15, 0.2) is 47.0 Å². The van der Waals surface area contributed by atoms with Crippen LogP contribution < -0.4 is 0 Å². The Labute approximate surface area is 119 Å². The molecule has 20 heavy (non-hydrogen) atoms. The minimum atomic E-state index is -0.128. The molecule has 2 N–H and O–H groups in total. The highest BCUT2D eigenvalue weighted by Crippen LogP contribution is 2.36. The quantitative estimate of drug-likeness (QED) is 0.755. The summed E-state index contributed by atoms with van der Waals surface area (Å²) in [5.41, 5.74) is 0.833. The maximum absolute atomic E-state index is 9.76. The topological polar surface area (TPSA) is 79.4 Å². The molecule has 0 amide bonds. The molecule has 1 aromatic heterocycles. The van der Waals surface area contributed by atoms with Gasteiger partial charge in [-0.05, 0) is 36.4 Å². The summed E-state index contributed by atoms with van der Waals surface area (Å²) in [6.07, 6.45) is 0. The lowest BCUT2D eigenvalue weighted by Gasteiger charge is -2.00. The van der Waals surface area contributed by atoms with Crippen molar-refractivity contribution in [3.8, 4) is 34.3 Å². The average Bonchev–Trinajstić information content (AvgIpc) is 2.89. The molecule has 3 rings (SSSR count). The van der Waals surface area contributed by atoms with Gasteiger partial charge in [-0.25, -0.2) is 0 Å². The van der Waals surface area contributed by atoms with Gasteiger partial charge in [0.15, 0.2) is 0 Å². The van der Waals surface area contributed by atoms with E-state index in [9.17, 15) is 10.2 Å². The number of nitrogens with zero attached hydrogens (tertiary/aromatic N) is 2. The summed E-state index contributed by atoms with van der Waals surface area (Å²) in [4.78, 5) is 4.16. The van der Waals surface area contributed by atoms with Crippen LogP contribution in [0.3, 0.4) is 0 Å². The molecule has 0 aliphatic carbocycles. The van der Waals surface area contributed by atoms with Crippen molar-refractivity contribution < 1.29 is 14.7 Å². The predicted molar refractivity (Wildman–Crippen MR) is 73.5 cm³/mol. The molecule has 0 saturated carbocycles. The van der Waals surface area contributed by atoms with Crippen molar-refractivity contribution in [2.75, 3.05) is 0 Å². The van der Waals surface area contributed by atoms with E-state index in [0.717, 1.165) is 5.56 Å². The Morgan fingerprint density at radius 3 is 2.25 bits per heavy atom. The van der Waals surface area contributed by atoms with Gasteiger partial charge in [-0.1, -0.05) is 22.8 Å². The normalized spacial score (nSPS) is 10.7. The van der Waals surface area contributed by atoms with Gasteiger partial charge < -0.3 is 14.7 Å². The van der Waals surface area contributed by atoms with Crippen LogP contribution in [-0.4, -0.2) is 20.4 Å². The number of hydrogen-bond donors (Lipinski definition) is 2. The molecule has 5 nitrogen and oxygen atoms in total. The minimum absolute atomic E-state index is 0.0468. The standard InChI is InChI=1S/C14H9ClN2O3/c15-9-6-4-8(5-7-9)13-16-14(20-17-13)12-10(18)2-1-3-11(12)19/h1-7,18-19H. The van der Waals surface area contributed by atoms with Crippen LogP contribution in [0.5, 0.6) is 11.5 Å². The Hall–Kier alpha value is -2.53. The van der Waals surface area contributed by atoms with E-state index < -0.39 is 0 Å². The molecule has 1 heterocycles. The zero-order chi connectivity index (χ0) is 14.1. The first-order chi connectivity index (χ1) is 9.65. The van der Waals surface area contributed by atoms with Crippen molar-refractivity contribution in [3.05, 3.63) is 47.5 Å². The van der Waals surface area contributed by atoms with Gasteiger partial charge in [-0.3, -0.25) is 0 Å². The van der Waals surface area contributed by atoms with Crippen LogP contribution >= 0.6 is 11.6 Å². The van der Waals surface area contributed by atoms with E-state index in [0.29, 0.717) is 10.8 Å². The molecule has 100 valence electrons. The van der Waals surface area contributed by atoms with E-state index >= 15 is 0 Å². The van der Waals surface area contributed by atoms with Crippen molar-refractivity contribution in [2.24, 2.45) is 0 Å². The average molecular weight is 289 g/mol. The maximum Gasteiger partial charge on any atom is 0.265 e. The molecule has 0 bridgehead atoms. The molecule has 0 atom stereocenters. The van der Waals surface area contributed by atoms with E-state index in [1.54, 1.807) is 24.3 Å². The van der Waals surface area contributed by atoms with Crippen LogP contribution in [0.4, 0.5) is 0 Å². The molecular formula is C14H9ClN2O3. The molecule has 0 saturated heterocycles. The van der Waals surface area contributed by atoms with E-state index in [2.05, 4.69) is 10.1 Å². The Bertz CT molecular complexity index is 733. The van der Waals surface area contributed by atoms with Crippen LogP contribution in [0.25, 0.3) is 22.8 Å². The van der Waals surface area contributed by atoms with Gasteiger partial charge in [0, 0.05) is 10.6 Å². The fourth-order valence-corrected chi connectivity index (χ4v) is 1.91. The Kier molecular flexibility index (Phi) is 3.04. The molecule has 6 heteroatoms. The summed E-state index contributed by atoms with van der Waals surface area (Å²) in [6, 6.07) is 11.3. The number of halogens is 1. The van der Waals surface area contributed by atoms with E-state index in [1.807, 2.05) is 0 Å². The van der Waals surface area contributed by atoms with Gasteiger partial charge in [0.05, 0.1) is 0 Å². The zero-order valence-electron chi connectivity index (χ0n) is 10.1. The first-order valence-corrected chi connectivity index (χ1v) is 6.14. The molecule has 0 unspecified atom stereocenters. The third kappa shape index (κ3) is 2.19. The number of phenols is 2. The molecule has 0 fully saturated rings. The lowest BCUT2D eigenvalue weighted by molar-refractivity contribution is 0.416. The number of aromatic nitrogens is 2. The number of phenolic OH excluding ortho intramolecular Hbond substituents is 2. The molecule has 0 aliphatic rings. The van der Waals surface area contributed by atoms with Crippen molar-refractivity contribution in [1.29, 1.82) is 0 Å². The SMILES string of the molecule is Oc1cccc(O)c1-c1nc(-c2ccc(Cl)cc2)no1. The minimum Gasteiger partial charge on any atom is -0.507 e. The summed E-state index contributed by atoms with van der Waals surface area (Å²) in [6.45, 7) is 0. The van der Waals surface area contributed by atoms with Crippen LogP contribution in [0, 0.1) is 0 Å². The molecular weight excluding hydrogens is 280 g/mol. The van der Waals surface area contributed by atoms with Crippen LogP contribution in [-0.2, 0) is 0 Å². The molecule has 3 aromatic rings. The van der Waals surface area contributed by atoms with Crippen molar-refractivity contribution in [3.63, 3.8) is 0 Å². The summed E-state index contributed by atoms with van der Waals surface area (Å²) in [7, 11) is 0. The first-order valence-electron chi connectivity index (χ1n) is 5.76. The van der Waals surface area contributed by atoms with Gasteiger partial charge in [-0.15, -0.1) is 0 Å². The van der Waals surface area contributed by atoms with Crippen molar-refractivity contribution in [2.45, 2.75) is 0 Å². The second kappa shape index (κ2) is 4.86. The second-order valence-electron chi connectivity index (χ2n) is 4.10. The number of benzene rings is 2. The molecule has 0 aliphatic heterocycles. The van der Waals surface area contributed by atoms with Gasteiger partial charge in [-0.2, -0.15) is 4.98 Å². The van der Waals surface area contributed by atoms with Gasteiger partial charge in [0.1, 0.15) is 17.1 Å². The summed E-state index contributed by atoms with van der Waals surface area (Å²) >= 11 is 5.81. The highest BCUT2D eigenvalue weighted by molar-refractivity contribution is 6.30. The van der Waals surface area contributed by atoms with Crippen molar-refractivity contribution >= 4 is 11.6 Å². The monoisotopic (exact) mass is 288 g/mol. The zero-order valence-corrected chi connectivity index (χ0v) is 10.9. The second-order valence-corrected chi connectivity index (χ2v) is 4.54.